The first-order chi connectivity index (χ1) is 15.5. The maximum Gasteiger partial charge on any atom is 0.253 e. The molecule has 1 amide bonds. The molecule has 172 valence electrons. The second-order valence-electron chi connectivity index (χ2n) is 9.57. The van der Waals surface area contributed by atoms with E-state index in [1.165, 1.54) is 11.3 Å². The number of hydrogen-bond acceptors (Lipinski definition) is 4. The second kappa shape index (κ2) is 10.4. The van der Waals surface area contributed by atoms with E-state index in [0.717, 1.165) is 75.9 Å². The van der Waals surface area contributed by atoms with Gasteiger partial charge in [0.05, 0.1) is 11.8 Å². The third-order valence-electron chi connectivity index (χ3n) is 6.59. The number of ether oxygens (including phenoxy) is 1. The quantitative estimate of drug-likeness (QED) is 0.661. The van der Waals surface area contributed by atoms with Crippen LogP contribution in [-0.2, 0) is 6.54 Å². The monoisotopic (exact) mass is 435 g/mol. The number of hydrogen-bond donors (Lipinski definition) is 0. The third kappa shape index (κ3) is 5.63. The molecule has 2 aromatic rings. The zero-order valence-electron chi connectivity index (χ0n) is 19.8. The van der Waals surface area contributed by atoms with Gasteiger partial charge in [-0.1, -0.05) is 31.2 Å². The van der Waals surface area contributed by atoms with E-state index in [-0.39, 0.29) is 12.0 Å². The molecule has 0 unspecified atom stereocenters. The van der Waals surface area contributed by atoms with Crippen molar-refractivity contribution in [3.05, 3.63) is 59.7 Å². The maximum atomic E-state index is 13.0. The highest BCUT2D eigenvalue weighted by atomic mass is 16.5. The molecule has 2 aromatic carbocycles. The molecule has 0 spiro atoms. The lowest BCUT2D eigenvalue weighted by Gasteiger charge is -2.37. The van der Waals surface area contributed by atoms with Crippen LogP contribution in [0.5, 0.6) is 5.75 Å². The van der Waals surface area contributed by atoms with Gasteiger partial charge in [0.15, 0.2) is 0 Å². The van der Waals surface area contributed by atoms with E-state index < -0.39 is 0 Å². The minimum absolute atomic E-state index is 0.167. The van der Waals surface area contributed by atoms with Crippen LogP contribution < -0.4 is 9.64 Å². The number of piperidine rings is 1. The first-order valence-corrected chi connectivity index (χ1v) is 12.1. The molecular weight excluding hydrogens is 398 g/mol. The third-order valence-corrected chi connectivity index (χ3v) is 6.59. The van der Waals surface area contributed by atoms with Crippen LogP contribution in [0.1, 0.15) is 49.5 Å². The van der Waals surface area contributed by atoms with E-state index in [1.807, 2.05) is 23.1 Å². The van der Waals surface area contributed by atoms with Gasteiger partial charge in [-0.3, -0.25) is 9.69 Å². The van der Waals surface area contributed by atoms with Crippen LogP contribution in [0.4, 0.5) is 5.69 Å². The minimum Gasteiger partial charge on any atom is -0.489 e. The molecule has 0 atom stereocenters. The molecule has 2 saturated heterocycles. The smallest absolute Gasteiger partial charge is 0.253 e. The van der Waals surface area contributed by atoms with Crippen LogP contribution in [-0.4, -0.2) is 61.1 Å². The molecule has 5 heteroatoms. The highest BCUT2D eigenvalue weighted by molar-refractivity contribution is 5.94. The van der Waals surface area contributed by atoms with Gasteiger partial charge in [-0.15, -0.1) is 0 Å². The van der Waals surface area contributed by atoms with Gasteiger partial charge in [0, 0.05) is 51.4 Å². The SMILES string of the molecule is CC1CCN(C(=O)c2cccc(CN3CCN(c4ccccc4OC(C)C)CC3)c2)CC1. The number of carbonyl (C=O) groups is 1. The molecule has 0 saturated carbocycles. The van der Waals surface area contributed by atoms with Gasteiger partial charge in [0.2, 0.25) is 0 Å². The van der Waals surface area contributed by atoms with Gasteiger partial charge in [-0.05, 0) is 62.4 Å². The molecule has 0 bridgehead atoms. The molecule has 2 heterocycles. The van der Waals surface area contributed by atoms with Gasteiger partial charge in [0.1, 0.15) is 5.75 Å². The minimum atomic E-state index is 0.167. The van der Waals surface area contributed by atoms with E-state index >= 15 is 0 Å². The number of benzene rings is 2. The van der Waals surface area contributed by atoms with Crippen LogP contribution in [0.15, 0.2) is 48.5 Å². The fourth-order valence-electron chi connectivity index (χ4n) is 4.67. The van der Waals surface area contributed by atoms with Crippen LogP contribution in [0.3, 0.4) is 0 Å². The molecule has 4 rings (SSSR count). The van der Waals surface area contributed by atoms with E-state index in [1.54, 1.807) is 0 Å². The summed E-state index contributed by atoms with van der Waals surface area (Å²) in [5.74, 6) is 1.88. The Kier molecular flexibility index (Phi) is 7.36. The molecule has 2 aliphatic rings. The Morgan fingerprint density at radius 3 is 2.41 bits per heavy atom. The lowest BCUT2D eigenvalue weighted by Crippen LogP contribution is -2.46. The highest BCUT2D eigenvalue weighted by Gasteiger charge is 2.23. The van der Waals surface area contributed by atoms with Gasteiger partial charge >= 0.3 is 0 Å². The van der Waals surface area contributed by atoms with Crippen molar-refractivity contribution in [1.29, 1.82) is 0 Å². The Bertz CT molecular complexity index is 897. The van der Waals surface area contributed by atoms with Crippen molar-refractivity contribution in [2.45, 2.75) is 46.3 Å². The van der Waals surface area contributed by atoms with Gasteiger partial charge in [-0.25, -0.2) is 0 Å². The number of para-hydroxylation sites is 2. The largest absolute Gasteiger partial charge is 0.489 e. The van der Waals surface area contributed by atoms with Gasteiger partial charge in [-0.2, -0.15) is 0 Å². The van der Waals surface area contributed by atoms with Gasteiger partial charge in [0.25, 0.3) is 5.91 Å². The summed E-state index contributed by atoms with van der Waals surface area (Å²) in [6, 6.07) is 16.6. The zero-order valence-corrected chi connectivity index (χ0v) is 19.8. The molecule has 32 heavy (non-hydrogen) atoms. The van der Waals surface area contributed by atoms with Crippen molar-refractivity contribution in [2.24, 2.45) is 5.92 Å². The molecule has 0 aliphatic carbocycles. The predicted octanol–water partition coefficient (Wildman–Crippen LogP) is 4.67. The summed E-state index contributed by atoms with van der Waals surface area (Å²) in [6.45, 7) is 13.0. The Morgan fingerprint density at radius 1 is 0.969 bits per heavy atom. The summed E-state index contributed by atoms with van der Waals surface area (Å²) in [7, 11) is 0. The van der Waals surface area contributed by atoms with E-state index in [9.17, 15) is 4.79 Å². The number of likely N-dealkylation sites (tertiary alicyclic amines) is 1. The summed E-state index contributed by atoms with van der Waals surface area (Å²) in [5, 5.41) is 0. The van der Waals surface area contributed by atoms with Crippen molar-refractivity contribution in [1.82, 2.24) is 9.80 Å². The van der Waals surface area contributed by atoms with E-state index in [0.29, 0.717) is 0 Å². The average molecular weight is 436 g/mol. The number of carbonyl (C=O) groups excluding carboxylic acids is 1. The molecule has 5 nitrogen and oxygen atoms in total. The predicted molar refractivity (Wildman–Crippen MR) is 130 cm³/mol. The Hall–Kier alpha value is -2.53. The lowest BCUT2D eigenvalue weighted by atomic mass is 9.98. The standard InChI is InChI=1S/C27H37N3O2/c1-21(2)32-26-10-5-4-9-25(26)29-17-15-28(16-18-29)20-23-7-6-8-24(19-23)27(31)30-13-11-22(3)12-14-30/h4-10,19,21-22H,11-18,20H2,1-3H3. The molecule has 2 fully saturated rings. The van der Waals surface area contributed by atoms with Crippen LogP contribution in [0.2, 0.25) is 0 Å². The van der Waals surface area contributed by atoms with Crippen molar-refractivity contribution < 1.29 is 9.53 Å². The molecule has 2 aliphatic heterocycles. The number of piperazine rings is 1. The topological polar surface area (TPSA) is 36.0 Å². The molecular formula is C27H37N3O2. The summed E-state index contributed by atoms with van der Waals surface area (Å²) >= 11 is 0. The molecule has 0 N–H and O–H groups in total. The number of rotatable bonds is 6. The zero-order chi connectivity index (χ0) is 22.5. The van der Waals surface area contributed by atoms with E-state index in [2.05, 4.69) is 60.9 Å². The summed E-state index contributed by atoms with van der Waals surface area (Å²) in [5.41, 5.74) is 3.23. The average Bonchev–Trinajstić information content (AvgIpc) is 2.80. The summed E-state index contributed by atoms with van der Waals surface area (Å²) < 4.78 is 6.02. The van der Waals surface area contributed by atoms with Crippen LogP contribution in [0.25, 0.3) is 0 Å². The normalized spacial score (nSPS) is 18.2. The first kappa shape index (κ1) is 22.7. The number of anilines is 1. The van der Waals surface area contributed by atoms with Crippen molar-refractivity contribution in [3.8, 4) is 5.75 Å². The molecule has 0 radical (unpaired) electrons. The Balaban J connectivity index is 1.34. The second-order valence-corrected chi connectivity index (χ2v) is 9.57. The number of nitrogens with zero attached hydrogens (tertiary/aromatic N) is 3. The fourth-order valence-corrected chi connectivity index (χ4v) is 4.67. The van der Waals surface area contributed by atoms with Crippen LogP contribution >= 0.6 is 0 Å². The fraction of sp³-hybridized carbons (Fsp3) is 0.519. The first-order valence-electron chi connectivity index (χ1n) is 12.1. The summed E-state index contributed by atoms with van der Waals surface area (Å²) in [4.78, 5) is 19.9. The molecule has 0 aromatic heterocycles. The lowest BCUT2D eigenvalue weighted by molar-refractivity contribution is 0.0697. The Morgan fingerprint density at radius 2 is 1.69 bits per heavy atom. The van der Waals surface area contributed by atoms with Crippen molar-refractivity contribution in [2.75, 3.05) is 44.2 Å². The van der Waals surface area contributed by atoms with E-state index in [4.69, 9.17) is 4.74 Å². The van der Waals surface area contributed by atoms with Gasteiger partial charge < -0.3 is 14.5 Å². The van der Waals surface area contributed by atoms with Crippen molar-refractivity contribution >= 4 is 11.6 Å². The Labute approximate surface area is 193 Å². The van der Waals surface area contributed by atoms with Crippen LogP contribution in [0, 0.1) is 5.92 Å². The highest BCUT2D eigenvalue weighted by Crippen LogP contribution is 2.30. The summed E-state index contributed by atoms with van der Waals surface area (Å²) in [6.07, 6.45) is 2.39. The van der Waals surface area contributed by atoms with Crippen molar-refractivity contribution in [3.63, 3.8) is 0 Å². The maximum absolute atomic E-state index is 13.0. The number of amides is 1.